The summed E-state index contributed by atoms with van der Waals surface area (Å²) < 4.78 is 24.4. The van der Waals surface area contributed by atoms with Crippen LogP contribution in [0.4, 0.5) is 0 Å². The van der Waals surface area contributed by atoms with Gasteiger partial charge in [0.2, 0.25) is 0 Å². The minimum absolute atomic E-state index is 0.108. The van der Waals surface area contributed by atoms with Crippen LogP contribution in [0.25, 0.3) is 0 Å². The van der Waals surface area contributed by atoms with Gasteiger partial charge in [-0.3, -0.25) is 0 Å². The number of sulfone groups is 1. The van der Waals surface area contributed by atoms with Gasteiger partial charge in [0, 0.05) is 35.2 Å². The van der Waals surface area contributed by atoms with Gasteiger partial charge in [-0.05, 0) is 17.7 Å². The second-order valence-corrected chi connectivity index (χ2v) is 7.89. The second kappa shape index (κ2) is 5.05. The molecule has 1 aromatic rings. The van der Waals surface area contributed by atoms with Gasteiger partial charge < -0.3 is 11.5 Å². The molecular formula is C13H19ClN2O2S. The van der Waals surface area contributed by atoms with Crippen molar-refractivity contribution in [2.24, 2.45) is 16.9 Å². The Labute approximate surface area is 119 Å². The van der Waals surface area contributed by atoms with E-state index >= 15 is 0 Å². The smallest absolute Gasteiger partial charge is 0.154 e. The van der Waals surface area contributed by atoms with Crippen molar-refractivity contribution in [1.82, 2.24) is 0 Å². The maximum absolute atomic E-state index is 12.2. The number of halogens is 1. The highest BCUT2D eigenvalue weighted by Gasteiger charge is 2.68. The van der Waals surface area contributed by atoms with E-state index in [-0.39, 0.29) is 24.8 Å². The molecular weight excluding hydrogens is 284 g/mol. The number of benzene rings is 1. The van der Waals surface area contributed by atoms with E-state index in [0.29, 0.717) is 5.02 Å². The van der Waals surface area contributed by atoms with E-state index in [2.05, 4.69) is 0 Å². The van der Waals surface area contributed by atoms with Crippen LogP contribution in [0.5, 0.6) is 0 Å². The lowest BCUT2D eigenvalue weighted by molar-refractivity contribution is 0.510. The molecule has 2 rings (SSSR count). The Morgan fingerprint density at radius 2 is 1.95 bits per heavy atom. The van der Waals surface area contributed by atoms with Gasteiger partial charge >= 0.3 is 0 Å². The van der Waals surface area contributed by atoms with Crippen molar-refractivity contribution in [1.29, 1.82) is 0 Å². The van der Waals surface area contributed by atoms with Gasteiger partial charge in [0.1, 0.15) is 0 Å². The topological polar surface area (TPSA) is 86.2 Å². The molecule has 1 aliphatic carbocycles. The zero-order chi connectivity index (χ0) is 14.3. The molecule has 1 saturated carbocycles. The first-order valence-corrected chi connectivity index (χ1v) is 8.39. The van der Waals surface area contributed by atoms with E-state index in [1.807, 2.05) is 12.1 Å². The molecule has 0 spiro atoms. The minimum atomic E-state index is -3.17. The number of hydrogen-bond donors (Lipinski definition) is 2. The molecule has 19 heavy (non-hydrogen) atoms. The summed E-state index contributed by atoms with van der Waals surface area (Å²) in [5, 5.41) is 0.110. The summed E-state index contributed by atoms with van der Waals surface area (Å²) in [6.45, 7) is 2.19. The molecule has 1 aliphatic rings. The van der Waals surface area contributed by atoms with E-state index in [4.69, 9.17) is 23.1 Å². The van der Waals surface area contributed by atoms with Gasteiger partial charge in [-0.1, -0.05) is 30.7 Å². The van der Waals surface area contributed by atoms with Gasteiger partial charge in [-0.15, -0.1) is 0 Å². The molecule has 6 heteroatoms. The summed E-state index contributed by atoms with van der Waals surface area (Å²) >= 11 is 5.98. The summed E-state index contributed by atoms with van der Waals surface area (Å²) in [4.78, 5) is 0. The Hall–Kier alpha value is -0.620. The molecule has 0 amide bonds. The third-order valence-electron chi connectivity index (χ3n) is 4.14. The van der Waals surface area contributed by atoms with Crippen molar-refractivity contribution in [3.63, 3.8) is 0 Å². The molecule has 0 aliphatic heterocycles. The lowest BCUT2D eigenvalue weighted by atomic mass is 9.99. The van der Waals surface area contributed by atoms with E-state index in [1.165, 1.54) is 0 Å². The van der Waals surface area contributed by atoms with Gasteiger partial charge in [0.15, 0.2) is 9.84 Å². The maximum Gasteiger partial charge on any atom is 0.154 e. The summed E-state index contributed by atoms with van der Waals surface area (Å²) in [6, 6.07) is 7.28. The number of rotatable bonds is 5. The summed E-state index contributed by atoms with van der Waals surface area (Å²) in [6.07, 6.45) is 0. The first kappa shape index (κ1) is 14.8. The predicted molar refractivity (Wildman–Crippen MR) is 78.0 cm³/mol. The zero-order valence-electron chi connectivity index (χ0n) is 10.8. The Morgan fingerprint density at radius 3 is 2.42 bits per heavy atom. The molecule has 106 valence electrons. The molecule has 2 atom stereocenters. The fraction of sp³-hybridized carbons (Fsp3) is 0.538. The van der Waals surface area contributed by atoms with Crippen molar-refractivity contribution in [3.8, 4) is 0 Å². The van der Waals surface area contributed by atoms with Crippen LogP contribution in [0.2, 0.25) is 5.02 Å². The van der Waals surface area contributed by atoms with Gasteiger partial charge in [0.05, 0.1) is 5.25 Å². The number of hydrogen-bond acceptors (Lipinski definition) is 4. The molecule has 4 nitrogen and oxygen atoms in total. The van der Waals surface area contributed by atoms with Crippen LogP contribution in [-0.4, -0.2) is 32.5 Å². The van der Waals surface area contributed by atoms with Crippen molar-refractivity contribution >= 4 is 21.4 Å². The highest BCUT2D eigenvalue weighted by atomic mass is 35.5. The average molecular weight is 303 g/mol. The Morgan fingerprint density at radius 1 is 1.32 bits per heavy atom. The molecule has 0 aromatic heterocycles. The van der Waals surface area contributed by atoms with Crippen LogP contribution in [0.15, 0.2) is 24.3 Å². The van der Waals surface area contributed by atoms with Crippen molar-refractivity contribution in [2.45, 2.75) is 18.1 Å². The quantitative estimate of drug-likeness (QED) is 0.854. The first-order valence-electron chi connectivity index (χ1n) is 6.30. The third-order valence-corrected chi connectivity index (χ3v) is 6.69. The van der Waals surface area contributed by atoms with Gasteiger partial charge in [-0.2, -0.15) is 0 Å². The molecule has 1 aromatic carbocycles. The Balaban J connectivity index is 2.45. The van der Waals surface area contributed by atoms with Crippen molar-refractivity contribution < 1.29 is 8.42 Å². The predicted octanol–water partition coefficient (Wildman–Crippen LogP) is 1.14. The van der Waals surface area contributed by atoms with Crippen molar-refractivity contribution in [3.05, 3.63) is 34.9 Å². The van der Waals surface area contributed by atoms with Crippen LogP contribution in [-0.2, 0) is 9.84 Å². The summed E-state index contributed by atoms with van der Waals surface area (Å²) in [5.41, 5.74) is 12.0. The molecule has 0 radical (unpaired) electrons. The van der Waals surface area contributed by atoms with E-state index in [9.17, 15) is 8.42 Å². The molecule has 0 saturated heterocycles. The number of nitrogens with two attached hydrogens (primary N) is 2. The fourth-order valence-electron chi connectivity index (χ4n) is 2.97. The largest absolute Gasteiger partial charge is 0.330 e. The lowest BCUT2D eigenvalue weighted by Crippen LogP contribution is -2.31. The molecule has 1 fully saturated rings. The Kier molecular flexibility index (Phi) is 3.93. The van der Waals surface area contributed by atoms with Crippen molar-refractivity contribution in [2.75, 3.05) is 18.8 Å². The van der Waals surface area contributed by atoms with E-state index in [1.54, 1.807) is 19.1 Å². The third kappa shape index (κ3) is 2.29. The Bertz CT molecular complexity index is 570. The summed E-state index contributed by atoms with van der Waals surface area (Å²) in [5.74, 6) is -0.0395. The monoisotopic (exact) mass is 302 g/mol. The second-order valence-electron chi connectivity index (χ2n) is 5.05. The minimum Gasteiger partial charge on any atom is -0.330 e. The lowest BCUT2D eigenvalue weighted by Gasteiger charge is -2.12. The van der Waals surface area contributed by atoms with Crippen LogP contribution in [0, 0.1) is 5.41 Å². The first-order chi connectivity index (χ1) is 8.93. The average Bonchev–Trinajstić information content (AvgIpc) is 3.09. The molecule has 4 N–H and O–H groups in total. The van der Waals surface area contributed by atoms with E-state index < -0.39 is 20.5 Å². The summed E-state index contributed by atoms with van der Waals surface area (Å²) in [7, 11) is -3.17. The van der Waals surface area contributed by atoms with E-state index in [0.717, 1.165) is 5.56 Å². The van der Waals surface area contributed by atoms with Crippen LogP contribution in [0.1, 0.15) is 18.4 Å². The molecule has 0 unspecified atom stereocenters. The highest BCUT2D eigenvalue weighted by Crippen LogP contribution is 2.62. The van der Waals surface area contributed by atoms with Gasteiger partial charge in [-0.25, -0.2) is 8.42 Å². The van der Waals surface area contributed by atoms with Crippen LogP contribution < -0.4 is 11.5 Å². The fourth-order valence-corrected chi connectivity index (χ4v) is 5.35. The van der Waals surface area contributed by atoms with Crippen LogP contribution >= 0.6 is 11.6 Å². The van der Waals surface area contributed by atoms with Crippen LogP contribution in [0.3, 0.4) is 0 Å². The standard InChI is InChI=1S/C13H19ClN2O2S/c1-2-19(17,18)12-11(13(12,7-15)8-16)9-4-3-5-10(14)6-9/h3-6,11-12H,2,7-8,15-16H2,1H3/t11-,12-/m0/s1. The SMILES string of the molecule is CCS(=O)(=O)[C@H]1[C@H](c2cccc(Cl)c2)C1(CN)CN. The highest BCUT2D eigenvalue weighted by molar-refractivity contribution is 7.92. The zero-order valence-corrected chi connectivity index (χ0v) is 12.4. The normalized spacial score (nSPS) is 25.3. The maximum atomic E-state index is 12.2. The molecule has 0 heterocycles. The molecule has 0 bridgehead atoms. The van der Waals surface area contributed by atoms with Gasteiger partial charge in [0.25, 0.3) is 0 Å².